The van der Waals surface area contributed by atoms with Crippen LogP contribution in [0, 0.1) is 5.92 Å². The number of thioether (sulfide) groups is 1. The molecule has 0 unspecified atom stereocenters. The molecule has 4 nitrogen and oxygen atoms in total. The van der Waals surface area contributed by atoms with E-state index in [4.69, 9.17) is 4.74 Å². The Morgan fingerprint density at radius 2 is 2.05 bits per heavy atom. The molecular weight excluding hydrogens is 294 g/mol. The van der Waals surface area contributed by atoms with E-state index in [0.717, 1.165) is 33.4 Å². The molecule has 2 heterocycles. The Morgan fingerprint density at radius 1 is 1.18 bits per heavy atom. The molecule has 0 aliphatic heterocycles. The quantitative estimate of drug-likeness (QED) is 0.690. The van der Waals surface area contributed by atoms with Crippen molar-refractivity contribution in [3.8, 4) is 5.75 Å². The van der Waals surface area contributed by atoms with Gasteiger partial charge in [-0.05, 0) is 30.2 Å². The highest BCUT2D eigenvalue weighted by atomic mass is 32.2. The van der Waals surface area contributed by atoms with Crippen LogP contribution < -0.4 is 4.74 Å². The van der Waals surface area contributed by atoms with Gasteiger partial charge in [0.2, 0.25) is 0 Å². The van der Waals surface area contributed by atoms with Crippen molar-refractivity contribution in [3.63, 3.8) is 0 Å². The molecule has 0 spiro atoms. The maximum Gasteiger partial charge on any atom is 0.166 e. The average molecular weight is 313 g/mol. The van der Waals surface area contributed by atoms with Crippen molar-refractivity contribution in [1.82, 2.24) is 15.0 Å². The number of nitrogens with zero attached hydrogens (tertiary/aromatic N) is 2. The maximum atomic E-state index is 5.84. The molecule has 0 bridgehead atoms. The first kappa shape index (κ1) is 14.9. The van der Waals surface area contributed by atoms with E-state index in [9.17, 15) is 0 Å². The van der Waals surface area contributed by atoms with Gasteiger partial charge in [-0.25, -0.2) is 4.98 Å². The zero-order valence-electron chi connectivity index (χ0n) is 12.7. The first-order chi connectivity index (χ1) is 10.7. The number of para-hydroxylation sites is 2. The minimum absolute atomic E-state index is 0.496. The van der Waals surface area contributed by atoms with Crippen LogP contribution in [0.25, 0.3) is 11.0 Å². The van der Waals surface area contributed by atoms with Gasteiger partial charge in [0.1, 0.15) is 5.75 Å². The molecule has 5 heteroatoms. The monoisotopic (exact) mass is 313 g/mol. The first-order valence-electron chi connectivity index (χ1n) is 7.36. The molecule has 3 rings (SSSR count). The standard InChI is InChI=1S/C17H19N3OS/c1-12(2)10-21-16-8-5-9-18-15(16)11-22-17-19-13-6-3-4-7-14(13)20-17/h3-9,12H,10-11H2,1-2H3,(H,19,20). The van der Waals surface area contributed by atoms with Gasteiger partial charge >= 0.3 is 0 Å². The van der Waals surface area contributed by atoms with Gasteiger partial charge < -0.3 is 9.72 Å². The van der Waals surface area contributed by atoms with Gasteiger partial charge in [-0.15, -0.1) is 0 Å². The fourth-order valence-corrected chi connectivity index (χ4v) is 2.89. The van der Waals surface area contributed by atoms with E-state index in [1.807, 2.05) is 36.4 Å². The zero-order chi connectivity index (χ0) is 15.4. The molecule has 0 fully saturated rings. The number of pyridine rings is 1. The minimum Gasteiger partial charge on any atom is -0.491 e. The van der Waals surface area contributed by atoms with E-state index in [0.29, 0.717) is 12.5 Å². The Bertz CT molecular complexity index is 721. The van der Waals surface area contributed by atoms with Gasteiger partial charge in [0.25, 0.3) is 0 Å². The zero-order valence-corrected chi connectivity index (χ0v) is 13.6. The molecule has 2 aromatic heterocycles. The topological polar surface area (TPSA) is 50.8 Å². The third-order valence-corrected chi connectivity index (χ3v) is 4.02. The molecule has 0 amide bonds. The predicted molar refractivity (Wildman–Crippen MR) is 90.2 cm³/mol. The molecule has 22 heavy (non-hydrogen) atoms. The number of rotatable bonds is 6. The Balaban J connectivity index is 1.70. The highest BCUT2D eigenvalue weighted by Gasteiger charge is 2.08. The Morgan fingerprint density at radius 3 is 2.86 bits per heavy atom. The summed E-state index contributed by atoms with van der Waals surface area (Å²) in [6, 6.07) is 11.9. The summed E-state index contributed by atoms with van der Waals surface area (Å²) in [6.45, 7) is 4.98. The van der Waals surface area contributed by atoms with Crippen molar-refractivity contribution in [2.45, 2.75) is 24.8 Å². The SMILES string of the molecule is CC(C)COc1cccnc1CSc1nc2ccccc2[nH]1. The maximum absolute atomic E-state index is 5.84. The number of hydrogen-bond acceptors (Lipinski definition) is 4. The van der Waals surface area contributed by atoms with E-state index in [-0.39, 0.29) is 0 Å². The fourth-order valence-electron chi connectivity index (χ4n) is 2.05. The molecule has 1 aromatic carbocycles. The second-order valence-corrected chi connectivity index (χ2v) is 6.46. The largest absolute Gasteiger partial charge is 0.491 e. The molecule has 0 aliphatic rings. The number of imidazole rings is 1. The molecule has 0 radical (unpaired) electrons. The molecule has 0 saturated carbocycles. The lowest BCUT2D eigenvalue weighted by Crippen LogP contribution is -2.06. The molecule has 0 aliphatic carbocycles. The van der Waals surface area contributed by atoms with Gasteiger partial charge in [0.05, 0.1) is 23.3 Å². The van der Waals surface area contributed by atoms with Crippen LogP contribution in [0.2, 0.25) is 0 Å². The summed E-state index contributed by atoms with van der Waals surface area (Å²) in [5.74, 6) is 2.09. The number of ether oxygens (including phenoxy) is 1. The summed E-state index contributed by atoms with van der Waals surface area (Å²) < 4.78 is 5.84. The predicted octanol–water partition coefficient (Wildman–Crippen LogP) is 4.29. The summed E-state index contributed by atoms with van der Waals surface area (Å²) in [5, 5.41) is 0.904. The summed E-state index contributed by atoms with van der Waals surface area (Å²) >= 11 is 1.64. The van der Waals surface area contributed by atoms with Crippen molar-refractivity contribution < 1.29 is 4.74 Å². The van der Waals surface area contributed by atoms with Crippen LogP contribution >= 0.6 is 11.8 Å². The fraction of sp³-hybridized carbons (Fsp3) is 0.294. The van der Waals surface area contributed by atoms with Crippen LogP contribution in [0.3, 0.4) is 0 Å². The smallest absolute Gasteiger partial charge is 0.166 e. The first-order valence-corrected chi connectivity index (χ1v) is 8.35. The van der Waals surface area contributed by atoms with Crippen molar-refractivity contribution in [2.24, 2.45) is 5.92 Å². The second kappa shape index (κ2) is 6.83. The van der Waals surface area contributed by atoms with Crippen molar-refractivity contribution in [3.05, 3.63) is 48.3 Å². The second-order valence-electron chi connectivity index (χ2n) is 5.50. The van der Waals surface area contributed by atoms with Crippen LogP contribution in [-0.4, -0.2) is 21.6 Å². The van der Waals surface area contributed by atoms with Gasteiger partial charge in [-0.1, -0.05) is 37.7 Å². The number of benzene rings is 1. The molecule has 114 valence electrons. The van der Waals surface area contributed by atoms with E-state index in [1.165, 1.54) is 0 Å². The normalized spacial score (nSPS) is 11.2. The summed E-state index contributed by atoms with van der Waals surface area (Å²) in [4.78, 5) is 12.3. The van der Waals surface area contributed by atoms with Crippen LogP contribution in [0.4, 0.5) is 0 Å². The van der Waals surface area contributed by atoms with Crippen molar-refractivity contribution >= 4 is 22.8 Å². The van der Waals surface area contributed by atoms with E-state index >= 15 is 0 Å². The Hall–Kier alpha value is -2.01. The van der Waals surface area contributed by atoms with Gasteiger partial charge in [0, 0.05) is 11.9 Å². The lowest BCUT2D eigenvalue weighted by molar-refractivity contribution is 0.268. The molecule has 0 atom stereocenters. The average Bonchev–Trinajstić information content (AvgIpc) is 2.94. The van der Waals surface area contributed by atoms with Crippen LogP contribution in [0.1, 0.15) is 19.5 Å². The number of aromatic nitrogens is 3. The van der Waals surface area contributed by atoms with Crippen molar-refractivity contribution in [1.29, 1.82) is 0 Å². The number of hydrogen-bond donors (Lipinski definition) is 1. The van der Waals surface area contributed by atoms with Crippen LogP contribution in [0.15, 0.2) is 47.8 Å². The highest BCUT2D eigenvalue weighted by molar-refractivity contribution is 7.98. The van der Waals surface area contributed by atoms with Crippen LogP contribution in [-0.2, 0) is 5.75 Å². The van der Waals surface area contributed by atoms with E-state index in [1.54, 1.807) is 18.0 Å². The Labute approximate surface area is 134 Å². The summed E-state index contributed by atoms with van der Waals surface area (Å²) in [5.41, 5.74) is 3.00. The number of nitrogens with one attached hydrogen (secondary N) is 1. The lowest BCUT2D eigenvalue weighted by atomic mass is 10.2. The molecular formula is C17H19N3OS. The van der Waals surface area contributed by atoms with Gasteiger partial charge in [-0.3, -0.25) is 4.98 Å². The van der Waals surface area contributed by atoms with Crippen LogP contribution in [0.5, 0.6) is 5.75 Å². The van der Waals surface area contributed by atoms with E-state index < -0.39 is 0 Å². The summed E-state index contributed by atoms with van der Waals surface area (Å²) in [7, 11) is 0. The number of aromatic amines is 1. The molecule has 3 aromatic rings. The highest BCUT2D eigenvalue weighted by Crippen LogP contribution is 2.26. The number of H-pyrrole nitrogens is 1. The van der Waals surface area contributed by atoms with Gasteiger partial charge in [0.15, 0.2) is 5.16 Å². The lowest BCUT2D eigenvalue weighted by Gasteiger charge is -2.11. The Kier molecular flexibility index (Phi) is 4.63. The van der Waals surface area contributed by atoms with E-state index in [2.05, 4.69) is 28.8 Å². The third kappa shape index (κ3) is 3.60. The number of fused-ring (bicyclic) bond motifs is 1. The van der Waals surface area contributed by atoms with Crippen molar-refractivity contribution in [2.75, 3.05) is 6.61 Å². The summed E-state index contributed by atoms with van der Waals surface area (Å²) in [6.07, 6.45) is 1.80. The van der Waals surface area contributed by atoms with Gasteiger partial charge in [-0.2, -0.15) is 0 Å². The molecule has 0 saturated heterocycles. The minimum atomic E-state index is 0.496. The molecule has 1 N–H and O–H groups in total. The third-order valence-electron chi connectivity index (χ3n) is 3.13.